The molecule has 0 aliphatic heterocycles. The number of nitrogens with one attached hydrogen (secondary N) is 2. The first-order valence-corrected chi connectivity index (χ1v) is 7.02. The lowest BCUT2D eigenvalue weighted by molar-refractivity contribution is -0.115. The Labute approximate surface area is 129 Å². The number of hydrogen-bond acceptors (Lipinski definition) is 3. The van der Waals surface area contributed by atoms with Crippen LogP contribution in [-0.4, -0.2) is 30.1 Å². The summed E-state index contributed by atoms with van der Waals surface area (Å²) in [6.07, 6.45) is 0.585. The van der Waals surface area contributed by atoms with Gasteiger partial charge in [-0.25, -0.2) is 0 Å². The molecular weight excluding hydrogens is 280 g/mol. The Morgan fingerprint density at radius 1 is 0.955 bits per heavy atom. The highest BCUT2D eigenvalue weighted by atomic mass is 16.3. The molecule has 0 unspecified atom stereocenters. The van der Waals surface area contributed by atoms with E-state index in [4.69, 9.17) is 5.11 Å². The number of aliphatic hydroxyl groups excluding tert-OH is 1. The molecule has 0 bridgehead atoms. The van der Waals surface area contributed by atoms with Gasteiger partial charge in [-0.2, -0.15) is 0 Å². The van der Waals surface area contributed by atoms with Gasteiger partial charge in [0.1, 0.15) is 0 Å². The van der Waals surface area contributed by atoms with E-state index in [1.807, 2.05) is 18.2 Å². The molecule has 114 valence electrons. The Balaban J connectivity index is 1.81. The Morgan fingerprint density at radius 2 is 1.64 bits per heavy atom. The molecule has 22 heavy (non-hydrogen) atoms. The van der Waals surface area contributed by atoms with Gasteiger partial charge in [0, 0.05) is 17.9 Å². The van der Waals surface area contributed by atoms with Crippen molar-refractivity contribution in [2.75, 3.05) is 18.5 Å². The average Bonchev–Trinajstić information content (AvgIpc) is 2.55. The largest absolute Gasteiger partial charge is 0.396 e. The van der Waals surface area contributed by atoms with Crippen LogP contribution in [0.15, 0.2) is 54.6 Å². The molecule has 3 N–H and O–H groups in total. The maximum absolute atomic E-state index is 11.8. The van der Waals surface area contributed by atoms with Crippen LogP contribution < -0.4 is 10.6 Å². The van der Waals surface area contributed by atoms with Crippen molar-refractivity contribution in [1.82, 2.24) is 5.32 Å². The summed E-state index contributed by atoms with van der Waals surface area (Å²) in [6, 6.07) is 15.9. The number of aliphatic hydroxyl groups is 1. The molecule has 2 amide bonds. The lowest BCUT2D eigenvalue weighted by Gasteiger charge is -2.07. The Morgan fingerprint density at radius 3 is 2.27 bits per heavy atom. The zero-order valence-corrected chi connectivity index (χ0v) is 12.1. The predicted molar refractivity (Wildman–Crippen MR) is 84.6 cm³/mol. The maximum Gasteiger partial charge on any atom is 0.251 e. The molecule has 5 nitrogen and oxygen atoms in total. The van der Waals surface area contributed by atoms with Crippen molar-refractivity contribution in [3.05, 3.63) is 65.7 Å². The number of carbonyl (C=O) groups excluding carboxylic acids is 2. The summed E-state index contributed by atoms with van der Waals surface area (Å²) in [4.78, 5) is 23.6. The Kier molecular flexibility index (Phi) is 5.68. The quantitative estimate of drug-likeness (QED) is 0.758. The number of anilines is 1. The summed E-state index contributed by atoms with van der Waals surface area (Å²) in [5.74, 6) is -0.576. The third-order valence-corrected chi connectivity index (χ3v) is 3.08. The molecule has 0 heterocycles. The summed E-state index contributed by atoms with van der Waals surface area (Å²) in [5, 5.41) is 14.1. The number of amides is 2. The van der Waals surface area contributed by atoms with Crippen LogP contribution in [0.25, 0.3) is 0 Å². The molecule has 0 saturated carbocycles. The highest BCUT2D eigenvalue weighted by Gasteiger charge is 2.07. The summed E-state index contributed by atoms with van der Waals surface area (Å²) in [7, 11) is 0. The van der Waals surface area contributed by atoms with Crippen molar-refractivity contribution < 1.29 is 14.7 Å². The minimum absolute atomic E-state index is 0.0912. The monoisotopic (exact) mass is 298 g/mol. The van der Waals surface area contributed by atoms with Crippen LogP contribution in [0.4, 0.5) is 5.69 Å². The molecule has 0 atom stereocenters. The third kappa shape index (κ3) is 4.71. The molecule has 0 spiro atoms. The van der Waals surface area contributed by atoms with Crippen LogP contribution in [0, 0.1) is 0 Å². The van der Waals surface area contributed by atoms with Crippen molar-refractivity contribution in [3.8, 4) is 0 Å². The van der Waals surface area contributed by atoms with Gasteiger partial charge in [-0.05, 0) is 36.2 Å². The first-order chi connectivity index (χ1) is 10.7. The van der Waals surface area contributed by atoms with Crippen LogP contribution in [0.3, 0.4) is 0 Å². The van der Waals surface area contributed by atoms with E-state index in [2.05, 4.69) is 10.6 Å². The molecule has 0 aliphatic rings. The van der Waals surface area contributed by atoms with Crippen LogP contribution >= 0.6 is 0 Å². The smallest absolute Gasteiger partial charge is 0.251 e. The molecule has 0 aromatic heterocycles. The van der Waals surface area contributed by atoms with Gasteiger partial charge in [0.15, 0.2) is 0 Å². The second kappa shape index (κ2) is 7.95. The van der Waals surface area contributed by atoms with E-state index in [0.29, 0.717) is 17.7 Å². The second-order valence-corrected chi connectivity index (χ2v) is 4.77. The first kappa shape index (κ1) is 15.7. The number of carbonyl (C=O) groups is 2. The number of rotatable bonds is 6. The third-order valence-electron chi connectivity index (χ3n) is 3.08. The van der Waals surface area contributed by atoms with E-state index in [0.717, 1.165) is 5.56 Å². The lowest BCUT2D eigenvalue weighted by atomic mass is 10.1. The van der Waals surface area contributed by atoms with E-state index >= 15 is 0 Å². The number of benzene rings is 2. The molecule has 0 fully saturated rings. The van der Waals surface area contributed by atoms with Crippen molar-refractivity contribution in [3.63, 3.8) is 0 Å². The summed E-state index contributed by atoms with van der Waals surface area (Å²) in [6.45, 7) is 0.00332. The standard InChI is InChI=1S/C17H18N2O3/c20-11-10-13-6-8-15(9-7-13)19-16(21)12-18-17(22)14-4-2-1-3-5-14/h1-9,20H,10-12H2,(H,18,22)(H,19,21). The van der Waals surface area contributed by atoms with Crippen LogP contribution in [0.2, 0.25) is 0 Å². The normalized spacial score (nSPS) is 10.0. The van der Waals surface area contributed by atoms with Gasteiger partial charge < -0.3 is 15.7 Å². The maximum atomic E-state index is 11.8. The highest BCUT2D eigenvalue weighted by Crippen LogP contribution is 2.09. The fraction of sp³-hybridized carbons (Fsp3) is 0.176. The van der Waals surface area contributed by atoms with Gasteiger partial charge in [-0.1, -0.05) is 30.3 Å². The van der Waals surface area contributed by atoms with Gasteiger partial charge in [-0.15, -0.1) is 0 Å². The van der Waals surface area contributed by atoms with Crippen molar-refractivity contribution in [1.29, 1.82) is 0 Å². The van der Waals surface area contributed by atoms with E-state index < -0.39 is 0 Å². The molecule has 0 saturated heterocycles. The Hall–Kier alpha value is -2.66. The Bertz CT molecular complexity index is 624. The van der Waals surface area contributed by atoms with Crippen molar-refractivity contribution in [2.24, 2.45) is 0 Å². The fourth-order valence-electron chi connectivity index (χ4n) is 1.94. The molecule has 2 rings (SSSR count). The number of hydrogen-bond donors (Lipinski definition) is 3. The zero-order chi connectivity index (χ0) is 15.8. The predicted octanol–water partition coefficient (Wildman–Crippen LogP) is 1.59. The SMILES string of the molecule is O=C(CNC(=O)c1ccccc1)Nc1ccc(CCO)cc1. The van der Waals surface area contributed by atoms with E-state index in [1.54, 1.807) is 36.4 Å². The van der Waals surface area contributed by atoms with E-state index in [-0.39, 0.29) is 25.0 Å². The molecule has 0 aliphatic carbocycles. The van der Waals surface area contributed by atoms with Gasteiger partial charge in [0.25, 0.3) is 5.91 Å². The van der Waals surface area contributed by atoms with Gasteiger partial charge in [0.05, 0.1) is 6.54 Å². The van der Waals surface area contributed by atoms with Gasteiger partial charge in [0.2, 0.25) is 5.91 Å². The van der Waals surface area contributed by atoms with E-state index in [9.17, 15) is 9.59 Å². The van der Waals surface area contributed by atoms with Crippen LogP contribution in [0.5, 0.6) is 0 Å². The minimum Gasteiger partial charge on any atom is -0.396 e. The van der Waals surface area contributed by atoms with Gasteiger partial charge >= 0.3 is 0 Å². The topological polar surface area (TPSA) is 78.4 Å². The molecular formula is C17H18N2O3. The summed E-state index contributed by atoms with van der Waals surface area (Å²) in [5.41, 5.74) is 2.17. The second-order valence-electron chi connectivity index (χ2n) is 4.77. The highest BCUT2D eigenvalue weighted by molar-refractivity contribution is 5.99. The molecule has 0 radical (unpaired) electrons. The fourth-order valence-corrected chi connectivity index (χ4v) is 1.94. The van der Waals surface area contributed by atoms with E-state index in [1.165, 1.54) is 0 Å². The van der Waals surface area contributed by atoms with Crippen LogP contribution in [0.1, 0.15) is 15.9 Å². The summed E-state index contributed by atoms with van der Waals surface area (Å²) >= 11 is 0. The van der Waals surface area contributed by atoms with Crippen molar-refractivity contribution in [2.45, 2.75) is 6.42 Å². The molecule has 2 aromatic rings. The minimum atomic E-state index is -0.292. The first-order valence-electron chi connectivity index (χ1n) is 7.02. The van der Waals surface area contributed by atoms with Crippen LogP contribution in [-0.2, 0) is 11.2 Å². The lowest BCUT2D eigenvalue weighted by Crippen LogP contribution is -2.32. The van der Waals surface area contributed by atoms with Gasteiger partial charge in [-0.3, -0.25) is 9.59 Å². The molecule has 2 aromatic carbocycles. The van der Waals surface area contributed by atoms with Crippen molar-refractivity contribution >= 4 is 17.5 Å². The average molecular weight is 298 g/mol. The molecule has 5 heteroatoms. The summed E-state index contributed by atoms with van der Waals surface area (Å²) < 4.78 is 0. The zero-order valence-electron chi connectivity index (χ0n) is 12.1.